The van der Waals surface area contributed by atoms with Crippen molar-refractivity contribution < 1.29 is 0 Å². The van der Waals surface area contributed by atoms with Crippen LogP contribution < -0.4 is 5.32 Å². The molecule has 0 spiro atoms. The Labute approximate surface area is 108 Å². The van der Waals surface area contributed by atoms with E-state index in [0.717, 1.165) is 12.5 Å². The van der Waals surface area contributed by atoms with E-state index in [1.54, 1.807) is 0 Å². The van der Waals surface area contributed by atoms with Crippen LogP contribution in [0.2, 0.25) is 0 Å². The molecule has 0 aromatic carbocycles. The third-order valence-corrected chi connectivity index (χ3v) is 4.23. The van der Waals surface area contributed by atoms with E-state index < -0.39 is 0 Å². The third kappa shape index (κ3) is 4.26. The molecule has 0 saturated carbocycles. The third-order valence-electron chi connectivity index (χ3n) is 4.23. The quantitative estimate of drug-likeness (QED) is 0.812. The highest BCUT2D eigenvalue weighted by atomic mass is 15.2. The van der Waals surface area contributed by atoms with Gasteiger partial charge < -0.3 is 5.32 Å². The topological polar surface area (TPSA) is 15.3 Å². The first-order valence-corrected chi connectivity index (χ1v) is 7.35. The molecule has 102 valence electrons. The summed E-state index contributed by atoms with van der Waals surface area (Å²) in [6.45, 7) is 17.7. The summed E-state index contributed by atoms with van der Waals surface area (Å²) in [7, 11) is 0. The van der Waals surface area contributed by atoms with Crippen LogP contribution in [-0.2, 0) is 0 Å². The predicted octanol–water partition coefficient (Wildman–Crippen LogP) is 3.13. The largest absolute Gasteiger partial charge is 0.311 e. The lowest BCUT2D eigenvalue weighted by molar-refractivity contribution is 0.0436. The summed E-state index contributed by atoms with van der Waals surface area (Å²) in [5, 5.41) is 3.70. The van der Waals surface area contributed by atoms with Gasteiger partial charge in [-0.15, -0.1) is 0 Å². The summed E-state index contributed by atoms with van der Waals surface area (Å²) >= 11 is 0. The van der Waals surface area contributed by atoms with E-state index in [1.165, 1.54) is 25.9 Å². The van der Waals surface area contributed by atoms with Crippen molar-refractivity contribution in [1.82, 2.24) is 10.2 Å². The Bertz CT molecular complexity index is 217. The number of hydrogen-bond acceptors (Lipinski definition) is 2. The Morgan fingerprint density at radius 2 is 1.94 bits per heavy atom. The van der Waals surface area contributed by atoms with Gasteiger partial charge in [-0.1, -0.05) is 48.0 Å². The fourth-order valence-corrected chi connectivity index (χ4v) is 2.74. The average molecular weight is 240 g/mol. The maximum absolute atomic E-state index is 3.70. The molecular weight excluding hydrogens is 208 g/mol. The number of nitrogens with zero attached hydrogens (tertiary/aromatic N) is 1. The standard InChI is InChI=1S/C15H32N2/c1-7-12(3)10-17-11-13(8-2)16-9-14(17)15(4,5)6/h12-14,16H,7-11H2,1-6H3. The summed E-state index contributed by atoms with van der Waals surface area (Å²) in [4.78, 5) is 2.73. The lowest BCUT2D eigenvalue weighted by atomic mass is 9.83. The zero-order valence-electron chi connectivity index (χ0n) is 12.7. The second kappa shape index (κ2) is 6.19. The van der Waals surface area contributed by atoms with Crippen LogP contribution >= 0.6 is 0 Å². The van der Waals surface area contributed by atoms with Crippen molar-refractivity contribution in [3.05, 3.63) is 0 Å². The first-order chi connectivity index (χ1) is 7.88. The van der Waals surface area contributed by atoms with Gasteiger partial charge in [0.25, 0.3) is 0 Å². The molecule has 2 heteroatoms. The summed E-state index contributed by atoms with van der Waals surface area (Å²) in [6, 6.07) is 1.37. The van der Waals surface area contributed by atoms with Gasteiger partial charge in [-0.2, -0.15) is 0 Å². The zero-order valence-corrected chi connectivity index (χ0v) is 12.7. The van der Waals surface area contributed by atoms with Crippen LogP contribution in [0.1, 0.15) is 54.4 Å². The van der Waals surface area contributed by atoms with Gasteiger partial charge in [-0.3, -0.25) is 4.90 Å². The van der Waals surface area contributed by atoms with Crippen LogP contribution in [-0.4, -0.2) is 36.6 Å². The fourth-order valence-electron chi connectivity index (χ4n) is 2.74. The van der Waals surface area contributed by atoms with Gasteiger partial charge in [-0.25, -0.2) is 0 Å². The monoisotopic (exact) mass is 240 g/mol. The van der Waals surface area contributed by atoms with E-state index in [2.05, 4.69) is 51.8 Å². The summed E-state index contributed by atoms with van der Waals surface area (Å²) in [6.07, 6.45) is 2.53. The molecule has 0 amide bonds. The minimum Gasteiger partial charge on any atom is -0.311 e. The Hall–Kier alpha value is -0.0800. The van der Waals surface area contributed by atoms with Crippen LogP contribution in [0, 0.1) is 11.3 Å². The van der Waals surface area contributed by atoms with Crippen LogP contribution in [0.4, 0.5) is 0 Å². The molecule has 0 aromatic heterocycles. The second-order valence-electron chi connectivity index (χ2n) is 6.86. The van der Waals surface area contributed by atoms with Crippen molar-refractivity contribution in [3.63, 3.8) is 0 Å². The first-order valence-electron chi connectivity index (χ1n) is 7.35. The Kier molecular flexibility index (Phi) is 5.46. The van der Waals surface area contributed by atoms with Crippen LogP contribution in [0.15, 0.2) is 0 Å². The summed E-state index contributed by atoms with van der Waals surface area (Å²) in [5.74, 6) is 0.815. The Morgan fingerprint density at radius 1 is 1.29 bits per heavy atom. The molecule has 0 radical (unpaired) electrons. The van der Waals surface area contributed by atoms with Crippen LogP contribution in [0.3, 0.4) is 0 Å². The van der Waals surface area contributed by atoms with Crippen LogP contribution in [0.25, 0.3) is 0 Å². The SMILES string of the molecule is CCC(C)CN1CC(CC)NCC1C(C)(C)C. The van der Waals surface area contributed by atoms with Crippen molar-refractivity contribution in [2.24, 2.45) is 11.3 Å². The van der Waals surface area contributed by atoms with Gasteiger partial charge in [0, 0.05) is 31.7 Å². The summed E-state index contributed by atoms with van der Waals surface area (Å²) < 4.78 is 0. The molecule has 3 atom stereocenters. The maximum atomic E-state index is 3.70. The van der Waals surface area contributed by atoms with Gasteiger partial charge in [0.1, 0.15) is 0 Å². The summed E-state index contributed by atoms with van der Waals surface area (Å²) in [5.41, 5.74) is 0.374. The molecule has 1 aliphatic heterocycles. The Morgan fingerprint density at radius 3 is 2.41 bits per heavy atom. The molecule has 1 fully saturated rings. The molecule has 2 nitrogen and oxygen atoms in total. The van der Waals surface area contributed by atoms with Crippen LogP contribution in [0.5, 0.6) is 0 Å². The van der Waals surface area contributed by atoms with E-state index in [1.807, 2.05) is 0 Å². The normalized spacial score (nSPS) is 29.3. The average Bonchev–Trinajstić information content (AvgIpc) is 2.27. The smallest absolute Gasteiger partial charge is 0.0269 e. The van der Waals surface area contributed by atoms with Crippen molar-refractivity contribution in [2.75, 3.05) is 19.6 Å². The van der Waals surface area contributed by atoms with Gasteiger partial charge in [0.05, 0.1) is 0 Å². The molecule has 1 rings (SSSR count). The van der Waals surface area contributed by atoms with E-state index in [4.69, 9.17) is 0 Å². The highest BCUT2D eigenvalue weighted by Crippen LogP contribution is 2.27. The molecule has 0 aliphatic carbocycles. The van der Waals surface area contributed by atoms with Gasteiger partial charge in [0.15, 0.2) is 0 Å². The maximum Gasteiger partial charge on any atom is 0.0269 e. The number of nitrogens with one attached hydrogen (secondary N) is 1. The fraction of sp³-hybridized carbons (Fsp3) is 1.00. The van der Waals surface area contributed by atoms with Crippen molar-refractivity contribution >= 4 is 0 Å². The number of hydrogen-bond donors (Lipinski definition) is 1. The minimum absolute atomic E-state index is 0.374. The second-order valence-corrected chi connectivity index (χ2v) is 6.86. The Balaban J connectivity index is 2.68. The number of rotatable bonds is 4. The van der Waals surface area contributed by atoms with Gasteiger partial charge in [-0.05, 0) is 17.8 Å². The van der Waals surface area contributed by atoms with E-state index in [-0.39, 0.29) is 0 Å². The van der Waals surface area contributed by atoms with Gasteiger partial charge in [0.2, 0.25) is 0 Å². The highest BCUT2D eigenvalue weighted by molar-refractivity contribution is 4.92. The molecule has 1 saturated heterocycles. The first kappa shape index (κ1) is 15.0. The van der Waals surface area contributed by atoms with E-state index in [9.17, 15) is 0 Å². The molecule has 1 aliphatic rings. The van der Waals surface area contributed by atoms with E-state index >= 15 is 0 Å². The lowest BCUT2D eigenvalue weighted by Gasteiger charge is -2.47. The van der Waals surface area contributed by atoms with Crippen molar-refractivity contribution in [3.8, 4) is 0 Å². The van der Waals surface area contributed by atoms with Gasteiger partial charge >= 0.3 is 0 Å². The molecule has 1 N–H and O–H groups in total. The van der Waals surface area contributed by atoms with Crippen molar-refractivity contribution in [2.45, 2.75) is 66.5 Å². The molecule has 1 heterocycles. The molecular formula is C15H32N2. The lowest BCUT2D eigenvalue weighted by Crippen LogP contribution is -2.61. The van der Waals surface area contributed by atoms with E-state index in [0.29, 0.717) is 17.5 Å². The van der Waals surface area contributed by atoms with Crippen molar-refractivity contribution in [1.29, 1.82) is 0 Å². The zero-order chi connectivity index (χ0) is 13.1. The molecule has 0 bridgehead atoms. The highest BCUT2D eigenvalue weighted by Gasteiger charge is 2.35. The minimum atomic E-state index is 0.374. The molecule has 3 unspecified atom stereocenters. The molecule has 0 aromatic rings. The number of piperazine rings is 1. The predicted molar refractivity (Wildman–Crippen MR) is 76.4 cm³/mol. The molecule has 17 heavy (non-hydrogen) atoms.